The Hall–Kier alpha value is -0.760. The monoisotopic (exact) mass is 113 g/mol. The van der Waals surface area contributed by atoms with Gasteiger partial charge in [0.1, 0.15) is 0 Å². The summed E-state index contributed by atoms with van der Waals surface area (Å²) in [6.45, 7) is 4.24. The average Bonchev–Trinajstić information content (AvgIpc) is 1.81. The van der Waals surface area contributed by atoms with Crippen molar-refractivity contribution in [2.45, 2.75) is 0 Å². The van der Waals surface area contributed by atoms with E-state index in [1.807, 2.05) is 0 Å². The minimum atomic E-state index is 0.168. The van der Waals surface area contributed by atoms with Gasteiger partial charge in [-0.3, -0.25) is 0 Å². The van der Waals surface area contributed by atoms with E-state index in [4.69, 9.17) is 5.11 Å². The zero-order valence-corrected chi connectivity index (χ0v) is 4.80. The van der Waals surface area contributed by atoms with Crippen molar-refractivity contribution in [3.8, 4) is 0 Å². The van der Waals surface area contributed by atoms with Crippen LogP contribution in [0.2, 0.25) is 0 Å². The predicted molar refractivity (Wildman–Crippen MR) is 34.4 cm³/mol. The lowest BCUT2D eigenvalue weighted by molar-refractivity contribution is 0.298. The topological polar surface area (TPSA) is 32.3 Å². The van der Waals surface area contributed by atoms with E-state index in [2.05, 4.69) is 11.9 Å². The summed E-state index contributed by atoms with van der Waals surface area (Å²) in [5, 5.41) is 11.1. The molecule has 0 amide bonds. The quantitative estimate of drug-likeness (QED) is 0.405. The number of allylic oxidation sites excluding steroid dienone is 2. The molecule has 2 nitrogen and oxygen atoms in total. The lowest BCUT2D eigenvalue weighted by atomic mass is 10.6. The first kappa shape index (κ1) is 7.24. The summed E-state index contributed by atoms with van der Waals surface area (Å²) in [4.78, 5) is 0. The van der Waals surface area contributed by atoms with Crippen LogP contribution in [0, 0.1) is 0 Å². The summed E-state index contributed by atoms with van der Waals surface area (Å²) in [6, 6.07) is 0. The van der Waals surface area contributed by atoms with Gasteiger partial charge in [0.25, 0.3) is 0 Å². The molecule has 0 aliphatic heterocycles. The van der Waals surface area contributed by atoms with Crippen LogP contribution in [0.1, 0.15) is 0 Å². The number of hydrogen-bond donors (Lipinski definition) is 2. The molecule has 0 unspecified atom stereocenters. The van der Waals surface area contributed by atoms with Crippen molar-refractivity contribution >= 4 is 0 Å². The summed E-state index contributed by atoms with van der Waals surface area (Å²) in [5.41, 5.74) is 0. The Labute approximate surface area is 49.5 Å². The fourth-order valence-electron chi connectivity index (χ4n) is 0.284. The average molecular weight is 113 g/mol. The van der Waals surface area contributed by atoms with Crippen molar-refractivity contribution in [3.05, 3.63) is 24.9 Å². The zero-order valence-electron chi connectivity index (χ0n) is 4.80. The van der Waals surface area contributed by atoms with Gasteiger partial charge in [0.15, 0.2) is 0 Å². The van der Waals surface area contributed by atoms with Gasteiger partial charge in [-0.1, -0.05) is 12.7 Å². The molecule has 0 aliphatic carbocycles. The zero-order chi connectivity index (χ0) is 6.24. The van der Waals surface area contributed by atoms with E-state index >= 15 is 0 Å². The van der Waals surface area contributed by atoms with Crippen LogP contribution in [0.15, 0.2) is 24.9 Å². The number of aliphatic hydroxyl groups is 1. The molecular weight excluding hydrogens is 102 g/mol. The first-order valence-electron chi connectivity index (χ1n) is 2.53. The molecule has 0 rings (SSSR count). The molecule has 2 heteroatoms. The molecule has 0 aromatic carbocycles. The number of rotatable bonds is 4. The molecular formula is C6H11NO. The Morgan fingerprint density at radius 3 is 2.88 bits per heavy atom. The minimum absolute atomic E-state index is 0.168. The smallest absolute Gasteiger partial charge is 0.0603 e. The van der Waals surface area contributed by atoms with Crippen molar-refractivity contribution in [1.29, 1.82) is 0 Å². The Morgan fingerprint density at radius 2 is 2.38 bits per heavy atom. The largest absolute Gasteiger partial charge is 0.395 e. The third-order valence-corrected chi connectivity index (χ3v) is 0.606. The highest BCUT2D eigenvalue weighted by atomic mass is 16.3. The van der Waals surface area contributed by atoms with E-state index in [-0.39, 0.29) is 6.61 Å². The van der Waals surface area contributed by atoms with Gasteiger partial charge >= 0.3 is 0 Å². The third kappa shape index (κ3) is 5.24. The summed E-state index contributed by atoms with van der Waals surface area (Å²) in [7, 11) is 0. The highest BCUT2D eigenvalue weighted by Gasteiger charge is 1.70. The maximum Gasteiger partial charge on any atom is 0.0603 e. The second-order valence-corrected chi connectivity index (χ2v) is 1.27. The first-order chi connectivity index (χ1) is 3.91. The number of aliphatic hydroxyl groups excluding tert-OH is 1. The van der Waals surface area contributed by atoms with E-state index in [1.165, 1.54) is 0 Å². The molecule has 0 saturated carbocycles. The standard InChI is InChI=1S/C6H11NO/c1-2-3-4-7-5-6-8/h2-4,7-8H,1,5-6H2. The maximum absolute atomic E-state index is 8.24. The first-order valence-corrected chi connectivity index (χ1v) is 2.53. The number of nitrogens with one attached hydrogen (secondary N) is 1. The Kier molecular flexibility index (Phi) is 5.65. The van der Waals surface area contributed by atoms with Gasteiger partial charge in [0.2, 0.25) is 0 Å². The van der Waals surface area contributed by atoms with Gasteiger partial charge in [0.05, 0.1) is 6.61 Å². The van der Waals surface area contributed by atoms with Crippen LogP contribution in [0.3, 0.4) is 0 Å². The molecule has 0 saturated heterocycles. The maximum atomic E-state index is 8.24. The summed E-state index contributed by atoms with van der Waals surface area (Å²) < 4.78 is 0. The molecule has 0 bridgehead atoms. The summed E-state index contributed by atoms with van der Waals surface area (Å²) in [5.74, 6) is 0. The molecule has 0 heterocycles. The van der Waals surface area contributed by atoms with Crippen molar-refractivity contribution < 1.29 is 5.11 Å². The Morgan fingerprint density at radius 1 is 1.62 bits per heavy atom. The van der Waals surface area contributed by atoms with E-state index < -0.39 is 0 Å². The van der Waals surface area contributed by atoms with E-state index in [0.29, 0.717) is 6.54 Å². The Balaban J connectivity index is 2.91. The lowest BCUT2D eigenvalue weighted by Crippen LogP contribution is -2.09. The molecule has 8 heavy (non-hydrogen) atoms. The Bertz CT molecular complexity index is 78.6. The molecule has 0 aromatic rings. The van der Waals surface area contributed by atoms with E-state index in [9.17, 15) is 0 Å². The molecule has 46 valence electrons. The van der Waals surface area contributed by atoms with Crippen molar-refractivity contribution in [1.82, 2.24) is 5.32 Å². The van der Waals surface area contributed by atoms with Gasteiger partial charge in [-0.05, 0) is 12.3 Å². The van der Waals surface area contributed by atoms with Crippen molar-refractivity contribution in [3.63, 3.8) is 0 Å². The van der Waals surface area contributed by atoms with Gasteiger partial charge < -0.3 is 10.4 Å². The van der Waals surface area contributed by atoms with Crippen LogP contribution in [-0.4, -0.2) is 18.3 Å². The van der Waals surface area contributed by atoms with Gasteiger partial charge in [-0.25, -0.2) is 0 Å². The number of hydrogen-bond acceptors (Lipinski definition) is 2. The van der Waals surface area contributed by atoms with Crippen LogP contribution in [0.4, 0.5) is 0 Å². The van der Waals surface area contributed by atoms with Crippen LogP contribution in [-0.2, 0) is 0 Å². The van der Waals surface area contributed by atoms with Crippen molar-refractivity contribution in [2.75, 3.05) is 13.2 Å². The summed E-state index contributed by atoms with van der Waals surface area (Å²) >= 11 is 0. The normalized spacial score (nSPS) is 9.62. The summed E-state index contributed by atoms with van der Waals surface area (Å²) in [6.07, 6.45) is 5.18. The fraction of sp³-hybridized carbons (Fsp3) is 0.333. The van der Waals surface area contributed by atoms with Gasteiger partial charge in [-0.15, -0.1) is 0 Å². The second kappa shape index (κ2) is 6.24. The minimum Gasteiger partial charge on any atom is -0.395 e. The molecule has 0 aliphatic rings. The highest BCUT2D eigenvalue weighted by Crippen LogP contribution is 1.65. The lowest BCUT2D eigenvalue weighted by Gasteiger charge is -1.91. The molecule has 0 radical (unpaired) electrons. The molecule has 0 spiro atoms. The predicted octanol–water partition coefficient (Wildman–Crippen LogP) is 0.268. The van der Waals surface area contributed by atoms with Crippen LogP contribution in [0.25, 0.3) is 0 Å². The van der Waals surface area contributed by atoms with Crippen molar-refractivity contribution in [2.24, 2.45) is 0 Å². The fourth-order valence-corrected chi connectivity index (χ4v) is 0.284. The second-order valence-electron chi connectivity index (χ2n) is 1.27. The molecule has 0 aromatic heterocycles. The third-order valence-electron chi connectivity index (χ3n) is 0.606. The van der Waals surface area contributed by atoms with Gasteiger partial charge in [-0.2, -0.15) is 0 Å². The molecule has 0 atom stereocenters. The van der Waals surface area contributed by atoms with E-state index in [0.717, 1.165) is 0 Å². The molecule has 2 N–H and O–H groups in total. The molecule has 0 fully saturated rings. The van der Waals surface area contributed by atoms with Crippen LogP contribution >= 0.6 is 0 Å². The van der Waals surface area contributed by atoms with Crippen LogP contribution < -0.4 is 5.32 Å². The van der Waals surface area contributed by atoms with E-state index in [1.54, 1.807) is 18.4 Å². The SMILES string of the molecule is C=CC=CNCCO. The van der Waals surface area contributed by atoms with Crippen LogP contribution in [0.5, 0.6) is 0 Å². The highest BCUT2D eigenvalue weighted by molar-refractivity contribution is 4.95. The van der Waals surface area contributed by atoms with Gasteiger partial charge in [0, 0.05) is 6.54 Å².